The van der Waals surface area contributed by atoms with Crippen molar-refractivity contribution in [3.63, 3.8) is 0 Å². The molecule has 1 aromatic carbocycles. The summed E-state index contributed by atoms with van der Waals surface area (Å²) in [6, 6.07) is 4.37. The second kappa shape index (κ2) is 7.61. The fourth-order valence-corrected chi connectivity index (χ4v) is 5.54. The highest BCUT2D eigenvalue weighted by atomic mass is 32.2. The molecule has 1 aliphatic carbocycles. The number of nitrogens with zero attached hydrogens (tertiary/aromatic N) is 1. The molecule has 7 nitrogen and oxygen atoms in total. The largest absolute Gasteiger partial charge is 0.380 e. The van der Waals surface area contributed by atoms with Gasteiger partial charge in [-0.25, -0.2) is 22.3 Å². The van der Waals surface area contributed by atoms with Crippen LogP contribution < -0.4 is 10.5 Å². The smallest absolute Gasteiger partial charge is 0.293 e. The Morgan fingerprint density at radius 3 is 2.57 bits per heavy atom. The number of hydrogen-bond donors (Lipinski definition) is 2. The third kappa shape index (κ3) is 4.23. The predicted octanol–water partition coefficient (Wildman–Crippen LogP) is 3.22. The molecule has 2 heterocycles. The summed E-state index contributed by atoms with van der Waals surface area (Å²) in [4.78, 5) is 26.7. The number of fused-ring (bicyclic) bond motifs is 1. The monoisotopic (exact) mass is 457 g/mol. The van der Waals surface area contributed by atoms with Crippen LogP contribution in [-0.2, 0) is 21.2 Å². The second-order valence-electron chi connectivity index (χ2n) is 7.82. The normalized spacial score (nSPS) is 24.1. The molecule has 3 N–H and O–H groups in total. The second-order valence-corrected chi connectivity index (χ2v) is 10.3. The van der Waals surface area contributed by atoms with E-state index in [-0.39, 0.29) is 43.2 Å². The molecule has 2 amide bonds. The molecule has 0 aromatic heterocycles. The Morgan fingerprint density at radius 2 is 1.90 bits per heavy atom. The summed E-state index contributed by atoms with van der Waals surface area (Å²) < 4.78 is 49.8. The molecular formula is C19H21F2N3O4S2. The summed E-state index contributed by atoms with van der Waals surface area (Å²) in [6.45, 7) is 0.161. The molecule has 1 atom stereocenters. The van der Waals surface area contributed by atoms with Gasteiger partial charge in [0.1, 0.15) is 0 Å². The third-order valence-electron chi connectivity index (χ3n) is 5.69. The summed E-state index contributed by atoms with van der Waals surface area (Å²) >= 11 is 0.831. The number of halogens is 2. The molecule has 4 rings (SSSR count). The van der Waals surface area contributed by atoms with E-state index in [1.165, 1.54) is 17.0 Å². The quantitative estimate of drug-likeness (QED) is 0.675. The first kappa shape index (κ1) is 21.3. The zero-order valence-corrected chi connectivity index (χ0v) is 17.6. The Balaban J connectivity index is 1.45. The van der Waals surface area contributed by atoms with E-state index in [9.17, 15) is 26.8 Å². The van der Waals surface area contributed by atoms with Gasteiger partial charge in [0.2, 0.25) is 15.9 Å². The van der Waals surface area contributed by atoms with Crippen LogP contribution in [0.15, 0.2) is 33.6 Å². The van der Waals surface area contributed by atoms with E-state index in [4.69, 9.17) is 5.14 Å². The van der Waals surface area contributed by atoms with Gasteiger partial charge in [0, 0.05) is 31.1 Å². The number of amides is 2. The van der Waals surface area contributed by atoms with Gasteiger partial charge in [-0.1, -0.05) is 5.57 Å². The van der Waals surface area contributed by atoms with Crippen LogP contribution in [-0.4, -0.2) is 43.0 Å². The lowest BCUT2D eigenvalue weighted by Gasteiger charge is -2.29. The first-order chi connectivity index (χ1) is 14.0. The average Bonchev–Trinajstić information content (AvgIpc) is 2.95. The minimum atomic E-state index is -3.79. The molecule has 30 heavy (non-hydrogen) atoms. The van der Waals surface area contributed by atoms with Crippen LogP contribution in [0.3, 0.4) is 0 Å². The van der Waals surface area contributed by atoms with E-state index in [2.05, 4.69) is 5.32 Å². The zero-order chi connectivity index (χ0) is 21.7. The number of alkyl halides is 2. The first-order valence-corrected chi connectivity index (χ1v) is 12.0. The van der Waals surface area contributed by atoms with Crippen LogP contribution >= 0.6 is 11.8 Å². The van der Waals surface area contributed by atoms with E-state index in [0.29, 0.717) is 23.3 Å². The van der Waals surface area contributed by atoms with Gasteiger partial charge in [0.15, 0.2) is 0 Å². The number of anilines is 1. The predicted molar refractivity (Wildman–Crippen MR) is 109 cm³/mol. The van der Waals surface area contributed by atoms with E-state index in [0.717, 1.165) is 23.0 Å². The Kier molecular flexibility index (Phi) is 5.39. The van der Waals surface area contributed by atoms with Gasteiger partial charge in [-0.05, 0) is 61.2 Å². The van der Waals surface area contributed by atoms with Crippen molar-refractivity contribution < 1.29 is 26.8 Å². The number of thioether (sulfide) groups is 1. The van der Waals surface area contributed by atoms with E-state index >= 15 is 0 Å². The summed E-state index contributed by atoms with van der Waals surface area (Å²) in [6.07, 6.45) is 0.835. The lowest BCUT2D eigenvalue weighted by atomic mass is 9.91. The number of benzene rings is 1. The maximum absolute atomic E-state index is 13.4. The highest BCUT2D eigenvalue weighted by Crippen LogP contribution is 2.42. The van der Waals surface area contributed by atoms with Crippen molar-refractivity contribution in [3.05, 3.63) is 34.2 Å². The average molecular weight is 458 g/mol. The number of nitrogens with two attached hydrogens (primary N) is 1. The van der Waals surface area contributed by atoms with Gasteiger partial charge in [-0.15, -0.1) is 0 Å². The van der Waals surface area contributed by atoms with Crippen LogP contribution in [0.25, 0.3) is 0 Å². The van der Waals surface area contributed by atoms with Crippen molar-refractivity contribution in [1.82, 2.24) is 4.90 Å². The molecule has 2 fully saturated rings. The Hall–Kier alpha value is -1.98. The Labute approximate surface area is 177 Å². The number of carbonyl (C=O) groups is 2. The van der Waals surface area contributed by atoms with Crippen molar-refractivity contribution in [3.8, 4) is 0 Å². The van der Waals surface area contributed by atoms with Crippen molar-refractivity contribution >= 4 is 38.6 Å². The molecule has 0 radical (unpaired) electrons. The molecule has 3 aliphatic rings. The molecule has 1 saturated carbocycles. The van der Waals surface area contributed by atoms with Crippen molar-refractivity contribution in [1.29, 1.82) is 0 Å². The van der Waals surface area contributed by atoms with Gasteiger partial charge in [0.05, 0.1) is 9.80 Å². The highest BCUT2D eigenvalue weighted by Gasteiger charge is 2.41. The maximum atomic E-state index is 13.4. The molecule has 2 aliphatic heterocycles. The van der Waals surface area contributed by atoms with Gasteiger partial charge >= 0.3 is 0 Å². The number of allylic oxidation sites excluding steroid dienone is 1. The van der Waals surface area contributed by atoms with E-state index < -0.39 is 27.1 Å². The third-order valence-corrected chi connectivity index (χ3v) is 7.66. The van der Waals surface area contributed by atoms with E-state index in [1.807, 2.05) is 0 Å². The van der Waals surface area contributed by atoms with E-state index in [1.54, 1.807) is 6.07 Å². The fourth-order valence-electron chi connectivity index (χ4n) is 3.99. The lowest BCUT2D eigenvalue weighted by molar-refractivity contribution is -0.123. The number of nitrogens with one attached hydrogen (secondary N) is 1. The number of hydrogen-bond acceptors (Lipinski definition) is 6. The summed E-state index contributed by atoms with van der Waals surface area (Å²) in [7, 11) is -3.79. The molecular weight excluding hydrogens is 436 g/mol. The minimum Gasteiger partial charge on any atom is -0.380 e. The number of imide groups is 1. The SMILES string of the molecule is NS(=O)(=O)c1ccc2c(c1)CCC(CN1C(=O)SC(=C3CCC(F)(F)CC3)C1=O)N2. The first-order valence-electron chi connectivity index (χ1n) is 9.59. The van der Waals surface area contributed by atoms with Crippen LogP contribution in [0.4, 0.5) is 19.3 Å². The molecule has 0 spiro atoms. The summed E-state index contributed by atoms with van der Waals surface area (Å²) in [5.74, 6) is -3.12. The molecule has 162 valence electrons. The van der Waals surface area contributed by atoms with Crippen LogP contribution in [0.5, 0.6) is 0 Å². The standard InChI is InChI=1S/C19H21F2N3O4S2/c20-19(21)7-5-11(6-8-19)16-17(25)24(18(26)29-16)10-13-2-1-12-9-14(30(22,27)28)3-4-15(12)23-13/h3-4,9,13,23H,1-2,5-8,10H2,(H2,22,27,28). The van der Waals surface area contributed by atoms with Crippen LogP contribution in [0.2, 0.25) is 0 Å². The van der Waals surface area contributed by atoms with Gasteiger partial charge in [0.25, 0.3) is 11.1 Å². The molecule has 1 saturated heterocycles. The fraction of sp³-hybridized carbons (Fsp3) is 0.474. The van der Waals surface area contributed by atoms with Crippen molar-refractivity contribution in [2.24, 2.45) is 5.14 Å². The number of rotatable bonds is 3. The van der Waals surface area contributed by atoms with Crippen LogP contribution in [0.1, 0.15) is 37.7 Å². The number of sulfonamides is 1. The minimum absolute atomic E-state index is 0.0390. The Morgan fingerprint density at radius 1 is 1.20 bits per heavy atom. The van der Waals surface area contributed by atoms with Gasteiger partial charge < -0.3 is 5.32 Å². The van der Waals surface area contributed by atoms with Crippen LogP contribution in [0, 0.1) is 0 Å². The van der Waals surface area contributed by atoms with Crippen molar-refractivity contribution in [2.75, 3.05) is 11.9 Å². The molecule has 11 heteroatoms. The maximum Gasteiger partial charge on any atom is 0.293 e. The molecule has 1 unspecified atom stereocenters. The number of carbonyl (C=O) groups excluding carboxylic acids is 2. The number of aryl methyl sites for hydroxylation is 1. The molecule has 0 bridgehead atoms. The van der Waals surface area contributed by atoms with Crippen molar-refractivity contribution in [2.45, 2.75) is 55.4 Å². The zero-order valence-electron chi connectivity index (χ0n) is 16.0. The molecule has 1 aromatic rings. The lowest BCUT2D eigenvalue weighted by Crippen LogP contribution is -2.41. The van der Waals surface area contributed by atoms with Gasteiger partial charge in [-0.2, -0.15) is 0 Å². The summed E-state index contributed by atoms with van der Waals surface area (Å²) in [5.41, 5.74) is 2.18. The summed E-state index contributed by atoms with van der Waals surface area (Å²) in [5, 5.41) is 8.02. The Bertz CT molecular complexity index is 1040. The topological polar surface area (TPSA) is 110 Å². The van der Waals surface area contributed by atoms with Gasteiger partial charge in [-0.3, -0.25) is 14.5 Å². The highest BCUT2D eigenvalue weighted by molar-refractivity contribution is 8.18. The number of primary sulfonamides is 1.